The van der Waals surface area contributed by atoms with Gasteiger partial charge in [0, 0.05) is 31.0 Å². The minimum atomic E-state index is -3.29. The van der Waals surface area contributed by atoms with Crippen molar-refractivity contribution in [2.75, 3.05) is 31.6 Å². The highest BCUT2D eigenvalue weighted by Crippen LogP contribution is 2.22. The first kappa shape index (κ1) is 13.7. The van der Waals surface area contributed by atoms with Crippen molar-refractivity contribution in [1.29, 1.82) is 0 Å². The fraction of sp³-hybridized carbons (Fsp3) is 1.00. The number of hydrogen-bond acceptors (Lipinski definition) is 3. The first-order valence-electron chi connectivity index (χ1n) is 6.00. The van der Waals surface area contributed by atoms with E-state index in [-0.39, 0.29) is 12.1 Å². The zero-order valence-electron chi connectivity index (χ0n) is 10.0. The Kier molecular flexibility index (Phi) is 4.46. The number of morpholine rings is 1. The molecule has 0 aliphatic carbocycles. The average molecular weight is 327 g/mol. The van der Waals surface area contributed by atoms with Crippen LogP contribution in [0.25, 0.3) is 0 Å². The molecule has 17 heavy (non-hydrogen) atoms. The van der Waals surface area contributed by atoms with Crippen LogP contribution in [0.2, 0.25) is 0 Å². The third-order valence-corrected chi connectivity index (χ3v) is 6.15. The van der Waals surface area contributed by atoms with Crippen LogP contribution in [-0.4, -0.2) is 60.7 Å². The first-order valence-corrected chi connectivity index (χ1v) is 8.52. The van der Waals surface area contributed by atoms with Crippen LogP contribution >= 0.6 is 15.9 Å². The highest BCUT2D eigenvalue weighted by atomic mass is 79.9. The quantitative estimate of drug-likeness (QED) is 0.721. The number of alkyl halides is 1. The zero-order valence-corrected chi connectivity index (χ0v) is 12.4. The van der Waals surface area contributed by atoms with Crippen molar-refractivity contribution in [3.8, 4) is 0 Å². The third-order valence-electron chi connectivity index (χ3n) is 3.31. The largest absolute Gasteiger partial charge is 0.374 e. The highest BCUT2D eigenvalue weighted by Gasteiger charge is 2.38. The summed E-state index contributed by atoms with van der Waals surface area (Å²) in [4.78, 5) is 0. The maximum Gasteiger partial charge on any atom is 0.282 e. The van der Waals surface area contributed by atoms with E-state index in [0.717, 1.165) is 12.8 Å². The molecule has 2 saturated heterocycles. The van der Waals surface area contributed by atoms with E-state index in [4.69, 9.17) is 4.74 Å². The Bertz CT molecular complexity index is 357. The Hall–Kier alpha value is 0.310. The van der Waals surface area contributed by atoms with Gasteiger partial charge in [0.25, 0.3) is 10.2 Å². The predicted molar refractivity (Wildman–Crippen MR) is 69.4 cm³/mol. The normalized spacial score (nSPS) is 33.1. The van der Waals surface area contributed by atoms with E-state index in [9.17, 15) is 8.42 Å². The lowest BCUT2D eigenvalue weighted by atomic mass is 10.2. The minimum absolute atomic E-state index is 0.0384. The van der Waals surface area contributed by atoms with Crippen LogP contribution in [0.5, 0.6) is 0 Å². The Balaban J connectivity index is 2.12. The number of rotatable bonds is 3. The second-order valence-electron chi connectivity index (χ2n) is 4.64. The molecule has 0 aromatic carbocycles. The van der Waals surface area contributed by atoms with Crippen molar-refractivity contribution in [2.45, 2.75) is 31.9 Å². The van der Waals surface area contributed by atoms with E-state index in [1.54, 1.807) is 8.61 Å². The molecule has 0 saturated carbocycles. The Labute approximate surface area is 111 Å². The average Bonchev–Trinajstić information content (AvgIpc) is 2.83. The molecule has 2 rings (SSSR count). The minimum Gasteiger partial charge on any atom is -0.374 e. The summed E-state index contributed by atoms with van der Waals surface area (Å²) in [5, 5.41) is 0.672. The van der Waals surface area contributed by atoms with E-state index in [1.165, 1.54) is 0 Å². The molecule has 0 amide bonds. The molecule has 0 aromatic rings. The fourth-order valence-corrected chi connectivity index (χ4v) is 4.55. The molecular formula is C10H19BrN2O3S. The van der Waals surface area contributed by atoms with E-state index >= 15 is 0 Å². The molecule has 0 spiro atoms. The Morgan fingerprint density at radius 3 is 2.59 bits per heavy atom. The number of halogens is 1. The molecule has 0 radical (unpaired) electrons. The van der Waals surface area contributed by atoms with Gasteiger partial charge in [0.1, 0.15) is 0 Å². The van der Waals surface area contributed by atoms with E-state index in [2.05, 4.69) is 15.9 Å². The molecule has 2 aliphatic rings. The molecule has 2 fully saturated rings. The monoisotopic (exact) mass is 326 g/mol. The molecule has 5 nitrogen and oxygen atoms in total. The highest BCUT2D eigenvalue weighted by molar-refractivity contribution is 9.09. The second-order valence-corrected chi connectivity index (χ2v) is 7.17. The topological polar surface area (TPSA) is 49.9 Å². The van der Waals surface area contributed by atoms with Gasteiger partial charge in [-0.2, -0.15) is 17.0 Å². The zero-order chi connectivity index (χ0) is 12.5. The SMILES string of the molecule is CC1COC(CBr)CN1S(=O)(=O)N1CCCC1. The van der Waals surface area contributed by atoms with Gasteiger partial charge in [0.15, 0.2) is 0 Å². The van der Waals surface area contributed by atoms with Gasteiger partial charge in [-0.15, -0.1) is 0 Å². The smallest absolute Gasteiger partial charge is 0.282 e. The molecule has 0 bridgehead atoms. The van der Waals surface area contributed by atoms with Crippen LogP contribution in [0.4, 0.5) is 0 Å². The lowest BCUT2D eigenvalue weighted by Gasteiger charge is -2.38. The van der Waals surface area contributed by atoms with Gasteiger partial charge in [-0.05, 0) is 19.8 Å². The Morgan fingerprint density at radius 2 is 2.00 bits per heavy atom. The summed E-state index contributed by atoms with van der Waals surface area (Å²) in [6.45, 7) is 4.14. The maximum atomic E-state index is 12.4. The second kappa shape index (κ2) is 5.52. The molecule has 2 unspecified atom stereocenters. The first-order chi connectivity index (χ1) is 8.05. The summed E-state index contributed by atoms with van der Waals surface area (Å²) in [6, 6.07) is -0.0732. The summed E-state index contributed by atoms with van der Waals surface area (Å²) in [5.41, 5.74) is 0. The number of nitrogens with zero attached hydrogens (tertiary/aromatic N) is 2. The van der Waals surface area contributed by atoms with Crippen LogP contribution in [0.3, 0.4) is 0 Å². The summed E-state index contributed by atoms with van der Waals surface area (Å²) in [5.74, 6) is 0. The molecule has 2 aliphatic heterocycles. The predicted octanol–water partition coefficient (Wildman–Crippen LogP) is 0.811. The van der Waals surface area contributed by atoms with Crippen molar-refractivity contribution in [2.24, 2.45) is 0 Å². The molecular weight excluding hydrogens is 308 g/mol. The summed E-state index contributed by atoms with van der Waals surface area (Å²) in [6.07, 6.45) is 1.91. The lowest BCUT2D eigenvalue weighted by Crippen LogP contribution is -2.55. The van der Waals surface area contributed by atoms with Crippen molar-refractivity contribution in [1.82, 2.24) is 8.61 Å². The van der Waals surface area contributed by atoms with Crippen molar-refractivity contribution in [3.05, 3.63) is 0 Å². The van der Waals surface area contributed by atoms with Crippen molar-refractivity contribution >= 4 is 26.1 Å². The van der Waals surface area contributed by atoms with Crippen LogP contribution in [0.1, 0.15) is 19.8 Å². The van der Waals surface area contributed by atoms with Gasteiger partial charge in [0.2, 0.25) is 0 Å². The fourth-order valence-electron chi connectivity index (χ4n) is 2.27. The van der Waals surface area contributed by atoms with E-state index < -0.39 is 10.2 Å². The van der Waals surface area contributed by atoms with Crippen LogP contribution in [-0.2, 0) is 14.9 Å². The molecule has 7 heteroatoms. The van der Waals surface area contributed by atoms with E-state index in [0.29, 0.717) is 31.6 Å². The van der Waals surface area contributed by atoms with Gasteiger partial charge < -0.3 is 4.74 Å². The molecule has 100 valence electrons. The van der Waals surface area contributed by atoms with Gasteiger partial charge in [0.05, 0.1) is 12.7 Å². The summed E-state index contributed by atoms with van der Waals surface area (Å²) >= 11 is 3.35. The van der Waals surface area contributed by atoms with Crippen molar-refractivity contribution in [3.63, 3.8) is 0 Å². The van der Waals surface area contributed by atoms with Gasteiger partial charge >= 0.3 is 0 Å². The van der Waals surface area contributed by atoms with Crippen LogP contribution in [0, 0.1) is 0 Å². The van der Waals surface area contributed by atoms with E-state index in [1.807, 2.05) is 6.92 Å². The standard InChI is InChI=1S/C10H19BrN2O3S/c1-9-8-16-10(6-11)7-13(9)17(14,15)12-4-2-3-5-12/h9-10H,2-8H2,1H3. The Morgan fingerprint density at radius 1 is 1.35 bits per heavy atom. The van der Waals surface area contributed by atoms with Crippen LogP contribution in [0.15, 0.2) is 0 Å². The van der Waals surface area contributed by atoms with Crippen LogP contribution < -0.4 is 0 Å². The maximum absolute atomic E-state index is 12.4. The molecule has 2 atom stereocenters. The van der Waals surface area contributed by atoms with Gasteiger partial charge in [-0.25, -0.2) is 0 Å². The molecule has 2 heterocycles. The lowest BCUT2D eigenvalue weighted by molar-refractivity contribution is -0.0157. The van der Waals surface area contributed by atoms with Gasteiger partial charge in [-0.1, -0.05) is 15.9 Å². The summed E-state index contributed by atoms with van der Waals surface area (Å²) < 4.78 is 33.6. The van der Waals surface area contributed by atoms with Crippen molar-refractivity contribution < 1.29 is 13.2 Å². The molecule has 0 aromatic heterocycles. The summed E-state index contributed by atoms with van der Waals surface area (Å²) in [7, 11) is -3.29. The third kappa shape index (κ3) is 2.84. The number of ether oxygens (including phenoxy) is 1. The van der Waals surface area contributed by atoms with Gasteiger partial charge in [-0.3, -0.25) is 0 Å². The molecule has 0 N–H and O–H groups in total. The number of hydrogen-bond donors (Lipinski definition) is 0.